The molecule has 0 aromatic heterocycles. The van der Waals surface area contributed by atoms with Crippen LogP contribution in [0.1, 0.15) is 28.9 Å². The molecule has 148 valence electrons. The van der Waals surface area contributed by atoms with Gasteiger partial charge in [-0.05, 0) is 11.1 Å². The lowest BCUT2D eigenvalue weighted by atomic mass is 10.1. The van der Waals surface area contributed by atoms with Crippen molar-refractivity contribution in [3.8, 4) is 0 Å². The van der Waals surface area contributed by atoms with E-state index in [1.54, 1.807) is 36.4 Å². The molecule has 0 aliphatic heterocycles. The van der Waals surface area contributed by atoms with Crippen molar-refractivity contribution in [2.24, 2.45) is 0 Å². The number of hydrogen-bond donors (Lipinski definition) is 1. The van der Waals surface area contributed by atoms with Crippen molar-refractivity contribution in [2.75, 3.05) is 7.11 Å². The SMILES string of the molecule is CO[C@H](C(=O)O[C@H](C(=O)NCc1ccccc1)c1ccccc1)c1ccccc1. The highest BCUT2D eigenvalue weighted by molar-refractivity contribution is 5.86. The number of carbonyl (C=O) groups excluding carboxylic acids is 2. The Morgan fingerprint density at radius 1 is 0.759 bits per heavy atom. The van der Waals surface area contributed by atoms with Crippen LogP contribution in [0.2, 0.25) is 0 Å². The van der Waals surface area contributed by atoms with Crippen molar-refractivity contribution in [3.05, 3.63) is 108 Å². The predicted molar refractivity (Wildman–Crippen MR) is 110 cm³/mol. The van der Waals surface area contributed by atoms with Gasteiger partial charge in [-0.25, -0.2) is 4.79 Å². The van der Waals surface area contributed by atoms with Gasteiger partial charge in [0.1, 0.15) is 0 Å². The molecule has 0 radical (unpaired) electrons. The maximum Gasteiger partial charge on any atom is 0.341 e. The number of amides is 1. The van der Waals surface area contributed by atoms with Crippen LogP contribution in [-0.2, 0) is 25.6 Å². The zero-order valence-corrected chi connectivity index (χ0v) is 16.2. The molecule has 0 unspecified atom stereocenters. The number of rotatable bonds is 8. The fourth-order valence-electron chi connectivity index (χ4n) is 2.95. The second-order valence-corrected chi connectivity index (χ2v) is 6.46. The van der Waals surface area contributed by atoms with Crippen molar-refractivity contribution < 1.29 is 19.1 Å². The van der Waals surface area contributed by atoms with E-state index >= 15 is 0 Å². The third kappa shape index (κ3) is 5.53. The number of esters is 1. The zero-order chi connectivity index (χ0) is 20.5. The summed E-state index contributed by atoms with van der Waals surface area (Å²) in [4.78, 5) is 25.7. The Morgan fingerprint density at radius 2 is 1.24 bits per heavy atom. The molecule has 0 saturated carbocycles. The van der Waals surface area contributed by atoms with E-state index in [0.717, 1.165) is 5.56 Å². The van der Waals surface area contributed by atoms with Gasteiger partial charge in [0.15, 0.2) is 6.10 Å². The van der Waals surface area contributed by atoms with E-state index in [4.69, 9.17) is 9.47 Å². The van der Waals surface area contributed by atoms with E-state index in [1.165, 1.54) is 7.11 Å². The molecule has 0 spiro atoms. The van der Waals surface area contributed by atoms with Crippen LogP contribution >= 0.6 is 0 Å². The molecule has 1 amide bonds. The minimum absolute atomic E-state index is 0.340. The highest BCUT2D eigenvalue weighted by atomic mass is 16.6. The molecular weight excluding hydrogens is 366 g/mol. The van der Waals surface area contributed by atoms with Crippen LogP contribution in [0.4, 0.5) is 0 Å². The van der Waals surface area contributed by atoms with Crippen molar-refractivity contribution in [1.29, 1.82) is 0 Å². The van der Waals surface area contributed by atoms with Gasteiger partial charge < -0.3 is 14.8 Å². The van der Waals surface area contributed by atoms with Crippen LogP contribution in [0.5, 0.6) is 0 Å². The second-order valence-electron chi connectivity index (χ2n) is 6.46. The molecule has 3 rings (SSSR count). The number of benzene rings is 3. The van der Waals surface area contributed by atoms with Gasteiger partial charge in [0.05, 0.1) is 0 Å². The zero-order valence-electron chi connectivity index (χ0n) is 16.2. The lowest BCUT2D eigenvalue weighted by Crippen LogP contribution is -2.33. The van der Waals surface area contributed by atoms with E-state index in [9.17, 15) is 9.59 Å². The number of carbonyl (C=O) groups is 2. The van der Waals surface area contributed by atoms with Gasteiger partial charge in [-0.2, -0.15) is 0 Å². The fraction of sp³-hybridized carbons (Fsp3) is 0.167. The maximum absolute atomic E-state index is 12.9. The fourth-order valence-corrected chi connectivity index (χ4v) is 2.95. The molecule has 0 aliphatic rings. The first-order valence-corrected chi connectivity index (χ1v) is 9.34. The first kappa shape index (κ1) is 20.3. The predicted octanol–water partition coefficient (Wildman–Crippen LogP) is 3.98. The van der Waals surface area contributed by atoms with Crippen molar-refractivity contribution in [2.45, 2.75) is 18.8 Å². The maximum atomic E-state index is 12.9. The van der Waals surface area contributed by atoms with Gasteiger partial charge in [0, 0.05) is 19.2 Å². The largest absolute Gasteiger partial charge is 0.445 e. The molecule has 3 aromatic rings. The van der Waals surface area contributed by atoms with Gasteiger partial charge in [-0.3, -0.25) is 4.79 Å². The molecule has 5 nitrogen and oxygen atoms in total. The Balaban J connectivity index is 1.76. The monoisotopic (exact) mass is 389 g/mol. The van der Waals surface area contributed by atoms with Crippen LogP contribution in [0, 0.1) is 0 Å². The molecule has 0 heterocycles. The van der Waals surface area contributed by atoms with Crippen LogP contribution in [-0.4, -0.2) is 19.0 Å². The third-order valence-corrected chi connectivity index (χ3v) is 4.44. The Morgan fingerprint density at radius 3 is 1.76 bits per heavy atom. The van der Waals surface area contributed by atoms with Crippen LogP contribution in [0.3, 0.4) is 0 Å². The van der Waals surface area contributed by atoms with Gasteiger partial charge in [0.2, 0.25) is 6.10 Å². The summed E-state index contributed by atoms with van der Waals surface area (Å²) in [6.07, 6.45) is -1.99. The van der Waals surface area contributed by atoms with Crippen molar-refractivity contribution >= 4 is 11.9 Å². The summed E-state index contributed by atoms with van der Waals surface area (Å²) in [7, 11) is 1.44. The summed E-state index contributed by atoms with van der Waals surface area (Å²) in [6.45, 7) is 0.340. The number of nitrogens with one attached hydrogen (secondary N) is 1. The van der Waals surface area contributed by atoms with E-state index in [1.807, 2.05) is 54.6 Å². The first-order valence-electron chi connectivity index (χ1n) is 9.34. The topological polar surface area (TPSA) is 64.6 Å². The Bertz CT molecular complexity index is 913. The minimum Gasteiger partial charge on any atom is -0.445 e. The molecule has 0 saturated heterocycles. The second kappa shape index (κ2) is 10.2. The van der Waals surface area contributed by atoms with Gasteiger partial charge in [-0.1, -0.05) is 91.0 Å². The number of methoxy groups -OCH3 is 1. The Hall–Kier alpha value is -3.44. The summed E-state index contributed by atoms with van der Waals surface area (Å²) in [6, 6.07) is 27.5. The number of ether oxygens (including phenoxy) is 2. The lowest BCUT2D eigenvalue weighted by molar-refractivity contribution is -0.166. The Kier molecular flexibility index (Phi) is 7.14. The van der Waals surface area contributed by atoms with E-state index in [-0.39, 0.29) is 0 Å². The Labute approximate surface area is 170 Å². The standard InChI is InChI=1S/C24H23NO4/c1-28-22(20-15-9-4-10-16-20)24(27)29-21(19-13-7-3-8-14-19)23(26)25-17-18-11-5-2-6-12-18/h2-16,21-22H,17H2,1H3,(H,25,26)/t21-,22-/m0/s1. The molecule has 0 bridgehead atoms. The highest BCUT2D eigenvalue weighted by Gasteiger charge is 2.29. The molecular formula is C24H23NO4. The molecule has 0 aliphatic carbocycles. The van der Waals surface area contributed by atoms with Crippen molar-refractivity contribution in [3.63, 3.8) is 0 Å². The summed E-state index contributed by atoms with van der Waals surface area (Å²) < 4.78 is 11.0. The van der Waals surface area contributed by atoms with Crippen molar-refractivity contribution in [1.82, 2.24) is 5.32 Å². The average Bonchev–Trinajstić information content (AvgIpc) is 2.78. The smallest absolute Gasteiger partial charge is 0.341 e. The lowest BCUT2D eigenvalue weighted by Gasteiger charge is -2.21. The van der Waals surface area contributed by atoms with Crippen LogP contribution in [0.15, 0.2) is 91.0 Å². The van der Waals surface area contributed by atoms with E-state index in [2.05, 4.69) is 5.32 Å². The first-order chi connectivity index (χ1) is 14.2. The van der Waals surface area contributed by atoms with Crippen LogP contribution < -0.4 is 5.32 Å². The molecule has 1 N–H and O–H groups in total. The van der Waals surface area contributed by atoms with E-state index < -0.39 is 24.1 Å². The van der Waals surface area contributed by atoms with Crippen LogP contribution in [0.25, 0.3) is 0 Å². The van der Waals surface area contributed by atoms with E-state index in [0.29, 0.717) is 17.7 Å². The van der Waals surface area contributed by atoms with Gasteiger partial charge in [-0.15, -0.1) is 0 Å². The summed E-state index contributed by atoms with van der Waals surface area (Å²) in [5.41, 5.74) is 2.21. The van der Waals surface area contributed by atoms with Gasteiger partial charge >= 0.3 is 5.97 Å². The molecule has 2 atom stereocenters. The molecule has 5 heteroatoms. The molecule has 3 aromatic carbocycles. The minimum atomic E-state index is -1.08. The average molecular weight is 389 g/mol. The summed E-state index contributed by atoms with van der Waals surface area (Å²) in [5.74, 6) is -1.02. The molecule has 29 heavy (non-hydrogen) atoms. The quantitative estimate of drug-likeness (QED) is 0.592. The summed E-state index contributed by atoms with van der Waals surface area (Å²) in [5, 5.41) is 2.84. The highest BCUT2D eigenvalue weighted by Crippen LogP contribution is 2.24. The number of hydrogen-bond acceptors (Lipinski definition) is 4. The summed E-state index contributed by atoms with van der Waals surface area (Å²) >= 11 is 0. The van der Waals surface area contributed by atoms with Gasteiger partial charge in [0.25, 0.3) is 5.91 Å². The normalized spacial score (nSPS) is 12.6. The third-order valence-electron chi connectivity index (χ3n) is 4.44. The molecule has 0 fully saturated rings.